The number of aryl methyl sites for hydroxylation is 1. The van der Waals surface area contributed by atoms with Crippen LogP contribution < -0.4 is 5.56 Å². The van der Waals surface area contributed by atoms with Crippen LogP contribution in [0.25, 0.3) is 11.2 Å². The molecular weight excluding hydrogens is 344 g/mol. The fourth-order valence-corrected chi connectivity index (χ4v) is 4.06. The molecule has 5 nitrogen and oxygen atoms in total. The smallest absolute Gasteiger partial charge is 0.299 e. The Morgan fingerprint density at radius 2 is 2.00 bits per heavy atom. The monoisotopic (exact) mass is 360 g/mol. The van der Waals surface area contributed by atoms with E-state index in [1.165, 1.54) is 17.3 Å². The molecule has 7 heteroatoms. The number of nitrogens with zero attached hydrogens (tertiary/aromatic N) is 4. The molecule has 2 aromatic heterocycles. The molecule has 0 radical (unpaired) electrons. The number of halogens is 1. The highest BCUT2D eigenvalue weighted by Crippen LogP contribution is 2.51. The summed E-state index contributed by atoms with van der Waals surface area (Å²) in [5.74, 6) is 0. The normalized spacial score (nSPS) is 15.8. The zero-order chi connectivity index (χ0) is 16.9. The molecule has 0 N–H and O–H groups in total. The number of thioether (sulfide) groups is 1. The number of hydrogen-bond acceptors (Lipinski definition) is 4. The van der Waals surface area contributed by atoms with Crippen LogP contribution in [0, 0.1) is 0 Å². The van der Waals surface area contributed by atoms with E-state index in [0.29, 0.717) is 22.9 Å². The minimum atomic E-state index is -0.211. The molecule has 3 aromatic rings. The largest absolute Gasteiger partial charge is 0.325 e. The maximum atomic E-state index is 12.5. The fourth-order valence-electron chi connectivity index (χ4n) is 3.32. The lowest BCUT2D eigenvalue weighted by molar-refractivity contribution is 0.521. The van der Waals surface area contributed by atoms with Crippen LogP contribution in [-0.4, -0.2) is 25.4 Å². The minimum Gasteiger partial charge on any atom is -0.325 e. The average Bonchev–Trinajstić information content (AvgIpc) is 3.27. The van der Waals surface area contributed by atoms with E-state index >= 15 is 0 Å². The number of rotatable bonds is 4. The molecule has 0 saturated heterocycles. The molecule has 1 aromatic carbocycles. The Balaban J connectivity index is 2.02. The molecule has 0 aliphatic heterocycles. The van der Waals surface area contributed by atoms with E-state index in [2.05, 4.69) is 26.7 Å². The van der Waals surface area contributed by atoms with E-state index in [4.69, 9.17) is 11.6 Å². The molecule has 1 fully saturated rings. The second-order valence-electron chi connectivity index (χ2n) is 5.98. The zero-order valence-electron chi connectivity index (χ0n) is 13.5. The highest BCUT2D eigenvalue weighted by Gasteiger charge is 2.48. The number of imidazole rings is 1. The first kappa shape index (κ1) is 15.7. The van der Waals surface area contributed by atoms with Crippen molar-refractivity contribution in [2.45, 2.75) is 37.0 Å². The van der Waals surface area contributed by atoms with Gasteiger partial charge in [-0.25, -0.2) is 4.98 Å². The molecule has 1 saturated carbocycles. The van der Waals surface area contributed by atoms with Gasteiger partial charge in [-0.2, -0.15) is 4.98 Å². The maximum Gasteiger partial charge on any atom is 0.299 e. The number of benzene rings is 1. The third-order valence-electron chi connectivity index (χ3n) is 4.68. The van der Waals surface area contributed by atoms with Gasteiger partial charge in [-0.15, -0.1) is 0 Å². The van der Waals surface area contributed by atoms with Crippen LogP contribution in [0.15, 0.2) is 40.5 Å². The van der Waals surface area contributed by atoms with Crippen molar-refractivity contribution in [2.24, 2.45) is 0 Å². The van der Waals surface area contributed by atoms with Gasteiger partial charge in [0.05, 0.1) is 11.9 Å². The summed E-state index contributed by atoms with van der Waals surface area (Å²) in [6.07, 6.45) is 5.67. The first-order chi connectivity index (χ1) is 11.6. The van der Waals surface area contributed by atoms with Crippen LogP contribution in [0.1, 0.15) is 25.3 Å². The summed E-state index contributed by atoms with van der Waals surface area (Å²) in [6, 6.07) is 7.93. The molecule has 2 heterocycles. The first-order valence-electron chi connectivity index (χ1n) is 7.89. The van der Waals surface area contributed by atoms with Crippen molar-refractivity contribution in [2.75, 3.05) is 6.26 Å². The summed E-state index contributed by atoms with van der Waals surface area (Å²) in [6.45, 7) is 2.69. The van der Waals surface area contributed by atoms with Gasteiger partial charge in [0, 0.05) is 11.6 Å². The fraction of sp³-hybridized carbons (Fsp3) is 0.353. The van der Waals surface area contributed by atoms with Gasteiger partial charge in [0.25, 0.3) is 5.56 Å². The van der Waals surface area contributed by atoms with Crippen LogP contribution in [0.2, 0.25) is 5.02 Å². The van der Waals surface area contributed by atoms with Gasteiger partial charge in [-0.05, 0) is 43.7 Å². The van der Waals surface area contributed by atoms with Gasteiger partial charge in [0.15, 0.2) is 16.3 Å². The average molecular weight is 361 g/mol. The molecule has 124 valence electrons. The molecule has 0 unspecified atom stereocenters. The van der Waals surface area contributed by atoms with Crippen LogP contribution in [0.3, 0.4) is 0 Å². The Hall–Kier alpha value is -1.79. The van der Waals surface area contributed by atoms with Crippen molar-refractivity contribution in [1.82, 2.24) is 19.1 Å². The third-order valence-corrected chi connectivity index (χ3v) is 5.57. The Labute approximate surface area is 148 Å². The minimum absolute atomic E-state index is 0.186. The topological polar surface area (TPSA) is 52.7 Å². The summed E-state index contributed by atoms with van der Waals surface area (Å²) in [5.41, 5.74) is 2.08. The number of fused-ring (bicyclic) bond motifs is 1. The molecule has 0 spiro atoms. The third kappa shape index (κ3) is 2.20. The van der Waals surface area contributed by atoms with Crippen LogP contribution in [0.5, 0.6) is 0 Å². The second kappa shape index (κ2) is 5.63. The predicted octanol–water partition coefficient (Wildman–Crippen LogP) is 3.53. The summed E-state index contributed by atoms with van der Waals surface area (Å²) >= 11 is 7.53. The van der Waals surface area contributed by atoms with Crippen LogP contribution >= 0.6 is 23.4 Å². The van der Waals surface area contributed by atoms with Crippen molar-refractivity contribution in [3.8, 4) is 0 Å². The van der Waals surface area contributed by atoms with E-state index < -0.39 is 0 Å². The lowest BCUT2D eigenvalue weighted by Crippen LogP contribution is -2.26. The molecular formula is C17H17ClN4OS. The SMILES string of the molecule is CCn1cnc2c1c(=O)nc(SC)n2C1(c2ccc(Cl)cc2)CC1. The molecule has 1 aliphatic rings. The maximum absolute atomic E-state index is 12.5. The number of hydrogen-bond donors (Lipinski definition) is 0. The second-order valence-corrected chi connectivity index (χ2v) is 7.19. The van der Waals surface area contributed by atoms with Gasteiger partial charge in [0.1, 0.15) is 0 Å². The summed E-state index contributed by atoms with van der Waals surface area (Å²) in [4.78, 5) is 21.4. The molecule has 0 amide bonds. The molecule has 1 aliphatic carbocycles. The van der Waals surface area contributed by atoms with Crippen molar-refractivity contribution in [3.63, 3.8) is 0 Å². The van der Waals surface area contributed by atoms with Gasteiger partial charge in [-0.3, -0.25) is 9.36 Å². The standard InChI is InChI=1S/C17H17ClN4OS/c1-3-21-10-19-14-13(21)15(23)20-16(24-2)22(14)17(8-9-17)11-4-6-12(18)7-5-11/h4-7,10H,3,8-9H2,1-2H3. The van der Waals surface area contributed by atoms with Crippen LogP contribution in [0.4, 0.5) is 0 Å². The highest BCUT2D eigenvalue weighted by molar-refractivity contribution is 7.98. The van der Waals surface area contributed by atoms with E-state index in [1.807, 2.05) is 29.9 Å². The predicted molar refractivity (Wildman–Crippen MR) is 97.0 cm³/mol. The van der Waals surface area contributed by atoms with Gasteiger partial charge in [0.2, 0.25) is 0 Å². The van der Waals surface area contributed by atoms with Crippen LogP contribution in [-0.2, 0) is 12.1 Å². The Kier molecular flexibility index (Phi) is 3.69. The Morgan fingerprint density at radius 3 is 2.58 bits per heavy atom. The Morgan fingerprint density at radius 1 is 1.29 bits per heavy atom. The summed E-state index contributed by atoms with van der Waals surface area (Å²) in [5, 5.41) is 1.43. The molecule has 24 heavy (non-hydrogen) atoms. The van der Waals surface area contributed by atoms with Gasteiger partial charge >= 0.3 is 0 Å². The van der Waals surface area contributed by atoms with Crippen molar-refractivity contribution in [1.29, 1.82) is 0 Å². The Bertz CT molecular complexity index is 973. The molecule has 0 bridgehead atoms. The molecule has 4 rings (SSSR count). The van der Waals surface area contributed by atoms with E-state index in [-0.39, 0.29) is 11.1 Å². The van der Waals surface area contributed by atoms with E-state index in [1.54, 1.807) is 6.33 Å². The highest BCUT2D eigenvalue weighted by atomic mass is 35.5. The zero-order valence-corrected chi connectivity index (χ0v) is 15.1. The lowest BCUT2D eigenvalue weighted by Gasteiger charge is -2.23. The van der Waals surface area contributed by atoms with Gasteiger partial charge < -0.3 is 4.57 Å². The summed E-state index contributed by atoms with van der Waals surface area (Å²) < 4.78 is 4.01. The van der Waals surface area contributed by atoms with Crippen molar-refractivity contribution >= 4 is 34.5 Å². The van der Waals surface area contributed by atoms with E-state index in [0.717, 1.165) is 17.9 Å². The lowest BCUT2D eigenvalue weighted by atomic mass is 10.0. The van der Waals surface area contributed by atoms with Crippen molar-refractivity contribution in [3.05, 3.63) is 51.5 Å². The van der Waals surface area contributed by atoms with Gasteiger partial charge in [-0.1, -0.05) is 35.5 Å². The van der Waals surface area contributed by atoms with E-state index in [9.17, 15) is 4.79 Å². The number of aromatic nitrogens is 4. The summed E-state index contributed by atoms with van der Waals surface area (Å²) in [7, 11) is 0. The quantitative estimate of drug-likeness (QED) is 0.527. The molecule has 0 atom stereocenters. The first-order valence-corrected chi connectivity index (χ1v) is 9.49. The van der Waals surface area contributed by atoms with Crippen molar-refractivity contribution < 1.29 is 0 Å².